The van der Waals surface area contributed by atoms with E-state index in [4.69, 9.17) is 0 Å². The molecule has 0 saturated carbocycles. The number of rotatable bonds is 6. The first-order valence-electron chi connectivity index (χ1n) is 4.04. The van der Waals surface area contributed by atoms with Crippen molar-refractivity contribution in [1.82, 2.24) is 0 Å². The molecule has 7 heteroatoms. The van der Waals surface area contributed by atoms with Crippen molar-refractivity contribution in [2.75, 3.05) is 0 Å². The molecule has 0 aromatic heterocycles. The van der Waals surface area contributed by atoms with Gasteiger partial charge in [0.1, 0.15) is 0 Å². The Labute approximate surface area is 80.6 Å². The van der Waals surface area contributed by atoms with Gasteiger partial charge < -0.3 is 4.84 Å². The maximum atomic E-state index is 10.4. The number of allylic oxidation sites excluding steroid dienone is 1. The Morgan fingerprint density at radius 3 is 2.36 bits per heavy atom. The fourth-order valence-corrected chi connectivity index (χ4v) is 0.845. The summed E-state index contributed by atoms with van der Waals surface area (Å²) < 4.78 is 0. The Hall–Kier alpha value is -1.66. The summed E-state index contributed by atoms with van der Waals surface area (Å²) in [4.78, 5) is 24.0. The lowest BCUT2D eigenvalue weighted by molar-refractivity contribution is -0.777. The van der Waals surface area contributed by atoms with Crippen molar-refractivity contribution in [3.63, 3.8) is 0 Å². The highest BCUT2D eigenvalue weighted by molar-refractivity contribution is 4.82. The van der Waals surface area contributed by atoms with Crippen LogP contribution in [0.2, 0.25) is 0 Å². The van der Waals surface area contributed by atoms with Crippen molar-refractivity contribution < 1.29 is 14.8 Å². The van der Waals surface area contributed by atoms with Gasteiger partial charge in [-0.1, -0.05) is 12.2 Å². The quantitative estimate of drug-likeness (QED) is 0.368. The Bertz CT molecular complexity index is 240. The molecule has 0 radical (unpaired) electrons. The topological polar surface area (TPSA) is 95.5 Å². The van der Waals surface area contributed by atoms with Crippen LogP contribution >= 0.6 is 0 Å². The minimum atomic E-state index is -1.10. The second-order valence-electron chi connectivity index (χ2n) is 2.70. The largest absolute Gasteiger partial charge is 0.303 e. The van der Waals surface area contributed by atoms with Crippen LogP contribution in [0.1, 0.15) is 20.3 Å². The second-order valence-corrected chi connectivity index (χ2v) is 2.70. The fraction of sp³-hybridized carbons (Fsp3) is 0.714. The summed E-state index contributed by atoms with van der Waals surface area (Å²) >= 11 is 0. The fourth-order valence-electron chi connectivity index (χ4n) is 0.845. The third-order valence-electron chi connectivity index (χ3n) is 1.70. The van der Waals surface area contributed by atoms with Gasteiger partial charge in [-0.05, 0) is 13.3 Å². The van der Waals surface area contributed by atoms with E-state index in [0.29, 0.717) is 0 Å². The third kappa shape index (κ3) is 4.39. The molecule has 0 aliphatic heterocycles. The zero-order valence-electron chi connectivity index (χ0n) is 7.95. The van der Waals surface area contributed by atoms with Gasteiger partial charge in [-0.3, -0.25) is 10.1 Å². The van der Waals surface area contributed by atoms with Crippen molar-refractivity contribution in [2.45, 2.75) is 32.4 Å². The van der Waals surface area contributed by atoms with Crippen LogP contribution in [0.25, 0.3) is 0 Å². The van der Waals surface area contributed by atoms with E-state index in [-0.39, 0.29) is 6.42 Å². The van der Waals surface area contributed by atoms with Crippen molar-refractivity contribution in [2.24, 2.45) is 0 Å². The monoisotopic (exact) mass is 204 g/mol. The van der Waals surface area contributed by atoms with Crippen LogP contribution in [-0.4, -0.2) is 22.2 Å². The normalized spacial score (nSPS) is 15.0. The SMILES string of the molecule is C/C=C\C[C@H](O[N+](=O)[O-])[C@@H](C)[N+](=O)[O-]. The molecule has 2 atom stereocenters. The van der Waals surface area contributed by atoms with Gasteiger partial charge in [0.05, 0.1) is 0 Å². The molecule has 0 amide bonds. The third-order valence-corrected chi connectivity index (χ3v) is 1.70. The number of hydrogen-bond donors (Lipinski definition) is 0. The minimum Gasteiger partial charge on any atom is -0.303 e. The first kappa shape index (κ1) is 12.3. The average molecular weight is 204 g/mol. The van der Waals surface area contributed by atoms with E-state index in [1.165, 1.54) is 6.92 Å². The molecule has 14 heavy (non-hydrogen) atoms. The highest BCUT2D eigenvalue weighted by Crippen LogP contribution is 2.08. The van der Waals surface area contributed by atoms with E-state index < -0.39 is 22.2 Å². The summed E-state index contributed by atoms with van der Waals surface area (Å²) in [7, 11) is 0. The van der Waals surface area contributed by atoms with Gasteiger partial charge in [-0.15, -0.1) is 10.1 Å². The lowest BCUT2D eigenvalue weighted by atomic mass is 10.1. The van der Waals surface area contributed by atoms with E-state index in [2.05, 4.69) is 4.84 Å². The molecule has 0 unspecified atom stereocenters. The zero-order chi connectivity index (χ0) is 11.1. The van der Waals surface area contributed by atoms with Crippen LogP contribution in [0.3, 0.4) is 0 Å². The summed E-state index contributed by atoms with van der Waals surface area (Å²) in [6.07, 6.45) is 2.37. The standard InChI is InChI=1S/C7H12N2O5/c1-3-4-5-7(14-9(12)13)6(2)8(10)11/h3-4,6-7H,5H2,1-2H3/b4-3-/t6-,7+/m1/s1. The summed E-state index contributed by atoms with van der Waals surface area (Å²) in [5.41, 5.74) is 0. The molecule has 0 aliphatic rings. The number of nitro groups is 1. The van der Waals surface area contributed by atoms with Crippen molar-refractivity contribution in [3.05, 3.63) is 32.4 Å². The van der Waals surface area contributed by atoms with E-state index in [1.807, 2.05) is 0 Å². The predicted molar refractivity (Wildman–Crippen MR) is 47.8 cm³/mol. The molecule has 0 aromatic carbocycles. The molecular formula is C7H12N2O5. The summed E-state index contributed by atoms with van der Waals surface area (Å²) in [5, 5.41) is 19.4. The molecule has 7 nitrogen and oxygen atoms in total. The first-order valence-corrected chi connectivity index (χ1v) is 4.04. The van der Waals surface area contributed by atoms with Gasteiger partial charge in [0.15, 0.2) is 6.10 Å². The highest BCUT2D eigenvalue weighted by Gasteiger charge is 2.28. The summed E-state index contributed by atoms with van der Waals surface area (Å²) in [6, 6.07) is -1.10. The maximum Gasteiger partial charge on any atom is 0.295 e. The Balaban J connectivity index is 4.36. The molecule has 80 valence electrons. The van der Waals surface area contributed by atoms with Crippen LogP contribution in [0.5, 0.6) is 0 Å². The van der Waals surface area contributed by atoms with Gasteiger partial charge in [-0.2, -0.15) is 0 Å². The molecule has 0 fully saturated rings. The minimum absolute atomic E-state index is 0.152. The van der Waals surface area contributed by atoms with E-state index >= 15 is 0 Å². The molecule has 0 aromatic rings. The van der Waals surface area contributed by atoms with Crippen LogP contribution in [0.15, 0.2) is 12.2 Å². The second kappa shape index (κ2) is 5.90. The van der Waals surface area contributed by atoms with Crippen LogP contribution in [0, 0.1) is 20.2 Å². The van der Waals surface area contributed by atoms with E-state index in [9.17, 15) is 20.2 Å². The van der Waals surface area contributed by atoms with E-state index in [1.54, 1.807) is 19.1 Å². The molecule has 0 aliphatic carbocycles. The van der Waals surface area contributed by atoms with Crippen LogP contribution < -0.4 is 0 Å². The van der Waals surface area contributed by atoms with Crippen molar-refractivity contribution >= 4 is 0 Å². The number of hydrogen-bond acceptors (Lipinski definition) is 5. The van der Waals surface area contributed by atoms with Gasteiger partial charge in [0, 0.05) is 11.8 Å². The molecular weight excluding hydrogens is 192 g/mol. The lowest BCUT2D eigenvalue weighted by Crippen LogP contribution is -2.34. The smallest absolute Gasteiger partial charge is 0.295 e. The molecule has 0 bridgehead atoms. The summed E-state index contributed by atoms with van der Waals surface area (Å²) in [5.74, 6) is 0. The molecule has 0 rings (SSSR count). The first-order chi connectivity index (χ1) is 6.49. The van der Waals surface area contributed by atoms with Crippen molar-refractivity contribution in [3.8, 4) is 0 Å². The zero-order valence-corrected chi connectivity index (χ0v) is 7.95. The van der Waals surface area contributed by atoms with Gasteiger partial charge in [-0.25, -0.2) is 0 Å². The van der Waals surface area contributed by atoms with Crippen LogP contribution in [0.4, 0.5) is 0 Å². The Kier molecular flexibility index (Phi) is 5.20. The lowest BCUT2D eigenvalue weighted by Gasteiger charge is -2.13. The number of nitrogens with zero attached hydrogens (tertiary/aromatic N) is 2. The van der Waals surface area contributed by atoms with Crippen LogP contribution in [-0.2, 0) is 4.84 Å². The van der Waals surface area contributed by atoms with Gasteiger partial charge in [0.25, 0.3) is 5.09 Å². The molecule has 0 spiro atoms. The van der Waals surface area contributed by atoms with Gasteiger partial charge in [0.2, 0.25) is 6.04 Å². The molecule has 0 saturated heterocycles. The van der Waals surface area contributed by atoms with E-state index in [0.717, 1.165) is 0 Å². The highest BCUT2D eigenvalue weighted by atomic mass is 17.0. The maximum absolute atomic E-state index is 10.4. The Morgan fingerprint density at radius 1 is 1.43 bits per heavy atom. The molecule has 0 N–H and O–H groups in total. The Morgan fingerprint density at radius 2 is 2.00 bits per heavy atom. The van der Waals surface area contributed by atoms with Gasteiger partial charge >= 0.3 is 0 Å². The van der Waals surface area contributed by atoms with Crippen molar-refractivity contribution in [1.29, 1.82) is 0 Å². The predicted octanol–water partition coefficient (Wildman–Crippen LogP) is 1.19. The average Bonchev–Trinajstić information content (AvgIpc) is 2.10. The summed E-state index contributed by atoms with van der Waals surface area (Å²) in [6.45, 7) is 3.00. The molecule has 0 heterocycles.